The highest BCUT2D eigenvalue weighted by atomic mass is 28.3. The van der Waals surface area contributed by atoms with Crippen molar-refractivity contribution in [3.05, 3.63) is 72.8 Å². The van der Waals surface area contributed by atoms with Crippen LogP contribution in [0.2, 0.25) is 0 Å². The molecule has 0 aromatic heterocycles. The van der Waals surface area contributed by atoms with Gasteiger partial charge in [-0.15, -0.1) is 6.58 Å². The zero-order chi connectivity index (χ0) is 21.0. The molecule has 29 heavy (non-hydrogen) atoms. The Balaban J connectivity index is 1.71. The van der Waals surface area contributed by atoms with Crippen molar-refractivity contribution in [2.75, 3.05) is 6.61 Å². The van der Waals surface area contributed by atoms with Crippen molar-refractivity contribution in [3.63, 3.8) is 0 Å². The van der Waals surface area contributed by atoms with Crippen molar-refractivity contribution in [1.82, 2.24) is 0 Å². The molecule has 3 atom stereocenters. The minimum atomic E-state index is -1.34. The summed E-state index contributed by atoms with van der Waals surface area (Å²) in [6.45, 7) is 11.2. The molecule has 2 aromatic carbocycles. The van der Waals surface area contributed by atoms with E-state index in [4.69, 9.17) is 9.53 Å². The lowest BCUT2D eigenvalue weighted by Gasteiger charge is -2.21. The minimum absolute atomic E-state index is 0.0413. The molecule has 0 bridgehead atoms. The van der Waals surface area contributed by atoms with E-state index in [2.05, 4.69) is 75.9 Å². The molecule has 1 radical (unpaired) electrons. The molecule has 1 fully saturated rings. The van der Waals surface area contributed by atoms with Crippen molar-refractivity contribution < 1.29 is 14.3 Å². The van der Waals surface area contributed by atoms with Gasteiger partial charge in [0, 0.05) is 6.61 Å². The summed E-state index contributed by atoms with van der Waals surface area (Å²) in [4.78, 5) is 11.1. The third kappa shape index (κ3) is 5.68. The Kier molecular flexibility index (Phi) is 6.76. The second-order valence-electron chi connectivity index (χ2n) is 8.99. The fourth-order valence-corrected chi connectivity index (χ4v) is 5.85. The van der Waals surface area contributed by atoms with E-state index in [0.29, 0.717) is 18.4 Å². The lowest BCUT2D eigenvalue weighted by molar-refractivity contribution is -0.137. The standard InChI is InChI=1S/C25H31O3Si/c1-5-18(16-24(26)27)23-15-19(23)17-28-29(21-9-7-6-8-10-21)22-13-11-20(12-14-22)25(2,3)4/h5-14,18-19,23H,1,15-17H2,2-4H3,(H,26,27)/t18?,19-,23-/m0/s1. The van der Waals surface area contributed by atoms with Crippen LogP contribution in [-0.4, -0.2) is 26.7 Å². The van der Waals surface area contributed by atoms with Gasteiger partial charge in [-0.1, -0.05) is 81.4 Å². The summed E-state index contributed by atoms with van der Waals surface area (Å²) in [6, 6.07) is 19.3. The second kappa shape index (κ2) is 9.10. The van der Waals surface area contributed by atoms with Gasteiger partial charge in [0.15, 0.2) is 0 Å². The smallest absolute Gasteiger partial charge is 0.303 e. The van der Waals surface area contributed by atoms with Crippen LogP contribution in [0, 0.1) is 17.8 Å². The van der Waals surface area contributed by atoms with Crippen molar-refractivity contribution in [1.29, 1.82) is 0 Å². The van der Waals surface area contributed by atoms with Gasteiger partial charge < -0.3 is 9.53 Å². The SMILES string of the molecule is C=CC(CC(=O)O)[C@@H]1C[C@H]1CO[Si](c1ccccc1)c1ccc(C(C)(C)C)cc1. The summed E-state index contributed by atoms with van der Waals surface area (Å²) >= 11 is 0. The fraction of sp³-hybridized carbons (Fsp3) is 0.400. The van der Waals surface area contributed by atoms with Crippen LogP contribution in [0.15, 0.2) is 67.3 Å². The van der Waals surface area contributed by atoms with E-state index in [1.54, 1.807) is 6.08 Å². The van der Waals surface area contributed by atoms with Gasteiger partial charge in [-0.2, -0.15) is 0 Å². The number of allylic oxidation sites excluding steroid dienone is 1. The van der Waals surface area contributed by atoms with Crippen LogP contribution in [0.3, 0.4) is 0 Å². The molecule has 0 aliphatic heterocycles. The van der Waals surface area contributed by atoms with Gasteiger partial charge in [0.05, 0.1) is 6.42 Å². The Morgan fingerprint density at radius 1 is 1.17 bits per heavy atom. The van der Waals surface area contributed by atoms with E-state index in [1.165, 1.54) is 15.9 Å². The summed E-state index contributed by atoms with van der Waals surface area (Å²) in [7, 11) is -1.34. The molecule has 3 nitrogen and oxygen atoms in total. The molecule has 3 rings (SSSR count). The zero-order valence-corrected chi connectivity index (χ0v) is 18.6. The summed E-state index contributed by atoms with van der Waals surface area (Å²) in [5.74, 6) is 0.0924. The Morgan fingerprint density at radius 3 is 2.34 bits per heavy atom. The highest BCUT2D eigenvalue weighted by Gasteiger charge is 2.42. The Morgan fingerprint density at radius 2 is 1.79 bits per heavy atom. The van der Waals surface area contributed by atoms with E-state index in [0.717, 1.165) is 6.42 Å². The summed E-state index contributed by atoms with van der Waals surface area (Å²) < 4.78 is 6.51. The van der Waals surface area contributed by atoms with Crippen LogP contribution in [-0.2, 0) is 14.6 Å². The largest absolute Gasteiger partial charge is 0.481 e. The predicted molar refractivity (Wildman–Crippen MR) is 120 cm³/mol. The van der Waals surface area contributed by atoms with Crippen LogP contribution in [0.25, 0.3) is 0 Å². The molecular weight excluding hydrogens is 376 g/mol. The molecule has 1 N–H and O–H groups in total. The molecule has 1 aliphatic rings. The van der Waals surface area contributed by atoms with Crippen LogP contribution in [0.5, 0.6) is 0 Å². The van der Waals surface area contributed by atoms with E-state index >= 15 is 0 Å². The van der Waals surface area contributed by atoms with Crippen LogP contribution < -0.4 is 10.4 Å². The molecule has 0 heterocycles. The number of hydrogen-bond acceptors (Lipinski definition) is 2. The molecule has 1 unspecified atom stereocenters. The number of aliphatic carboxylic acids is 1. The first-order chi connectivity index (χ1) is 13.8. The molecule has 0 saturated heterocycles. The molecule has 0 amide bonds. The maximum absolute atomic E-state index is 11.1. The summed E-state index contributed by atoms with van der Waals surface area (Å²) in [5, 5.41) is 11.6. The van der Waals surface area contributed by atoms with Gasteiger partial charge >= 0.3 is 5.97 Å². The maximum atomic E-state index is 11.1. The Hall–Kier alpha value is -2.17. The molecule has 1 aliphatic carbocycles. The lowest BCUT2D eigenvalue weighted by atomic mass is 9.87. The number of rotatable bonds is 9. The Bertz CT molecular complexity index is 823. The highest BCUT2D eigenvalue weighted by molar-refractivity contribution is 6.80. The number of benzene rings is 2. The third-order valence-electron chi connectivity index (χ3n) is 5.73. The average Bonchev–Trinajstić information content (AvgIpc) is 3.46. The van der Waals surface area contributed by atoms with E-state index < -0.39 is 15.0 Å². The first kappa shape index (κ1) is 21.5. The first-order valence-electron chi connectivity index (χ1n) is 10.3. The number of carboxylic acid groups (broad SMARTS) is 1. The highest BCUT2D eigenvalue weighted by Crippen LogP contribution is 2.46. The fourth-order valence-electron chi connectivity index (χ4n) is 3.83. The maximum Gasteiger partial charge on any atom is 0.303 e. The van der Waals surface area contributed by atoms with E-state index in [1.807, 2.05) is 6.07 Å². The van der Waals surface area contributed by atoms with Crippen molar-refractivity contribution >= 4 is 25.4 Å². The average molecular weight is 408 g/mol. The Labute approximate surface area is 176 Å². The van der Waals surface area contributed by atoms with Crippen molar-refractivity contribution in [2.45, 2.75) is 39.0 Å². The van der Waals surface area contributed by atoms with Crippen molar-refractivity contribution in [3.8, 4) is 0 Å². The van der Waals surface area contributed by atoms with Crippen LogP contribution >= 0.6 is 0 Å². The topological polar surface area (TPSA) is 46.5 Å². The monoisotopic (exact) mass is 407 g/mol. The molecule has 4 heteroatoms. The van der Waals surface area contributed by atoms with Crippen LogP contribution in [0.4, 0.5) is 0 Å². The molecule has 2 aromatic rings. The van der Waals surface area contributed by atoms with E-state index in [-0.39, 0.29) is 17.8 Å². The van der Waals surface area contributed by atoms with Gasteiger partial charge in [0.25, 0.3) is 9.04 Å². The zero-order valence-electron chi connectivity index (χ0n) is 17.6. The lowest BCUT2D eigenvalue weighted by Crippen LogP contribution is -2.45. The number of hydrogen-bond donors (Lipinski definition) is 1. The first-order valence-corrected chi connectivity index (χ1v) is 11.7. The minimum Gasteiger partial charge on any atom is -0.481 e. The summed E-state index contributed by atoms with van der Waals surface area (Å²) in [6.07, 6.45) is 2.99. The van der Waals surface area contributed by atoms with Gasteiger partial charge in [0.2, 0.25) is 0 Å². The molecule has 153 valence electrons. The number of carboxylic acids is 1. The third-order valence-corrected chi connectivity index (χ3v) is 7.90. The summed E-state index contributed by atoms with van der Waals surface area (Å²) in [5.41, 5.74) is 1.45. The van der Waals surface area contributed by atoms with Gasteiger partial charge in [0.1, 0.15) is 0 Å². The quantitative estimate of drug-likeness (QED) is 0.504. The van der Waals surface area contributed by atoms with Gasteiger partial charge in [-0.25, -0.2) is 0 Å². The van der Waals surface area contributed by atoms with Gasteiger partial charge in [-0.3, -0.25) is 4.79 Å². The van der Waals surface area contributed by atoms with Crippen molar-refractivity contribution in [2.24, 2.45) is 17.8 Å². The van der Waals surface area contributed by atoms with E-state index in [9.17, 15) is 4.79 Å². The van der Waals surface area contributed by atoms with Crippen LogP contribution in [0.1, 0.15) is 39.2 Å². The second-order valence-corrected chi connectivity index (χ2v) is 11.1. The molecule has 1 saturated carbocycles. The van der Waals surface area contributed by atoms with Gasteiger partial charge in [-0.05, 0) is 45.5 Å². The predicted octanol–water partition coefficient (Wildman–Crippen LogP) is 4.02. The number of carbonyl (C=O) groups is 1. The normalized spacial score (nSPS) is 19.7. The molecule has 0 spiro atoms. The molecular formula is C25H31O3Si.